The van der Waals surface area contributed by atoms with Gasteiger partial charge < -0.3 is 9.72 Å². The monoisotopic (exact) mass is 454 g/mol. The number of ketones is 1. The van der Waals surface area contributed by atoms with Crippen LogP contribution >= 0.6 is 23.2 Å². The second kappa shape index (κ2) is 8.54. The summed E-state index contributed by atoms with van der Waals surface area (Å²) in [6, 6.07) is 11.0. The summed E-state index contributed by atoms with van der Waals surface area (Å²) < 4.78 is 31.5. The molecule has 0 aliphatic heterocycles. The van der Waals surface area contributed by atoms with Crippen LogP contribution in [0, 0.1) is 6.92 Å². The summed E-state index contributed by atoms with van der Waals surface area (Å²) in [5.41, 5.74) is 1.89. The Morgan fingerprint density at radius 3 is 2.55 bits per heavy atom. The number of carbonyl (C=O) groups excluding carboxylic acids is 2. The zero-order valence-electron chi connectivity index (χ0n) is 15.2. The van der Waals surface area contributed by atoms with Crippen LogP contribution in [0.4, 0.5) is 0 Å². The van der Waals surface area contributed by atoms with E-state index in [0.717, 1.165) is 10.9 Å². The van der Waals surface area contributed by atoms with E-state index in [9.17, 15) is 18.0 Å². The number of aryl methyl sites for hydroxylation is 1. The van der Waals surface area contributed by atoms with Crippen molar-refractivity contribution >= 4 is 55.9 Å². The Kier molecular flexibility index (Phi) is 6.28. The fourth-order valence-electron chi connectivity index (χ4n) is 2.79. The van der Waals surface area contributed by atoms with Gasteiger partial charge in [-0.2, -0.15) is 4.72 Å². The molecule has 10 heteroatoms. The maximum absolute atomic E-state index is 12.5. The lowest BCUT2D eigenvalue weighted by atomic mass is 10.1. The lowest BCUT2D eigenvalue weighted by Gasteiger charge is -2.08. The van der Waals surface area contributed by atoms with Crippen LogP contribution in [0.3, 0.4) is 0 Å². The molecule has 1 heterocycles. The Bertz CT molecular complexity index is 1200. The van der Waals surface area contributed by atoms with Gasteiger partial charge in [0.2, 0.25) is 15.8 Å². The summed E-state index contributed by atoms with van der Waals surface area (Å²) in [7, 11) is -4.00. The maximum Gasteiger partial charge on any atom is 0.321 e. The average molecular weight is 455 g/mol. The van der Waals surface area contributed by atoms with Crippen LogP contribution in [0.1, 0.15) is 16.1 Å². The van der Waals surface area contributed by atoms with Gasteiger partial charge in [0.15, 0.2) is 6.61 Å². The van der Waals surface area contributed by atoms with Gasteiger partial charge in [0.25, 0.3) is 0 Å². The van der Waals surface area contributed by atoms with Crippen LogP contribution in [0.15, 0.2) is 47.4 Å². The van der Waals surface area contributed by atoms with Crippen molar-refractivity contribution in [1.29, 1.82) is 0 Å². The van der Waals surface area contributed by atoms with E-state index >= 15 is 0 Å². The molecule has 3 rings (SSSR count). The molecule has 29 heavy (non-hydrogen) atoms. The number of benzene rings is 2. The molecule has 1 aromatic heterocycles. The minimum atomic E-state index is -4.00. The number of aromatic amines is 1. The third-order valence-electron chi connectivity index (χ3n) is 4.14. The number of ether oxygens (including phenoxy) is 1. The SMILES string of the molecule is Cc1[nH]c2ccccc2c1C(=O)COC(=O)CNS(=O)(=O)c1ccc(Cl)c(Cl)c1. The molecule has 0 saturated carbocycles. The van der Waals surface area contributed by atoms with E-state index in [-0.39, 0.29) is 20.7 Å². The molecule has 0 amide bonds. The number of Topliss-reactive ketones (excluding diaryl/α,β-unsaturated/α-hetero) is 1. The lowest BCUT2D eigenvalue weighted by Crippen LogP contribution is -2.31. The molecule has 0 unspecified atom stereocenters. The van der Waals surface area contributed by atoms with Crippen LogP contribution in [-0.2, 0) is 19.6 Å². The quantitative estimate of drug-likeness (QED) is 0.419. The molecule has 3 aromatic rings. The van der Waals surface area contributed by atoms with Crippen LogP contribution in [0.25, 0.3) is 10.9 Å². The third kappa shape index (κ3) is 4.79. The molecule has 0 atom stereocenters. The van der Waals surface area contributed by atoms with E-state index in [1.54, 1.807) is 19.1 Å². The predicted octanol–water partition coefficient (Wildman–Crippen LogP) is 3.49. The van der Waals surface area contributed by atoms with Gasteiger partial charge in [0.1, 0.15) is 6.54 Å². The number of hydrogen-bond donors (Lipinski definition) is 2. The van der Waals surface area contributed by atoms with Crippen LogP contribution < -0.4 is 4.72 Å². The van der Waals surface area contributed by atoms with Gasteiger partial charge >= 0.3 is 5.97 Å². The van der Waals surface area contributed by atoms with Gasteiger partial charge in [0.05, 0.1) is 14.9 Å². The molecule has 0 spiro atoms. The fraction of sp³-hybridized carbons (Fsp3) is 0.158. The van der Waals surface area contributed by atoms with Crippen LogP contribution in [-0.4, -0.2) is 38.3 Å². The van der Waals surface area contributed by atoms with Crippen LogP contribution in [0.2, 0.25) is 10.0 Å². The number of fused-ring (bicyclic) bond motifs is 1. The second-order valence-electron chi connectivity index (χ2n) is 6.15. The van der Waals surface area contributed by atoms with Crippen molar-refractivity contribution in [3.63, 3.8) is 0 Å². The molecular formula is C19H16Cl2N2O5S. The van der Waals surface area contributed by atoms with Crippen molar-refractivity contribution in [2.24, 2.45) is 0 Å². The van der Waals surface area contributed by atoms with Gasteiger partial charge in [-0.25, -0.2) is 8.42 Å². The van der Waals surface area contributed by atoms with Gasteiger partial charge in [-0.1, -0.05) is 41.4 Å². The first-order chi connectivity index (χ1) is 13.7. The molecule has 2 N–H and O–H groups in total. The van der Waals surface area contributed by atoms with E-state index in [2.05, 4.69) is 9.71 Å². The molecule has 0 bridgehead atoms. The summed E-state index contributed by atoms with van der Waals surface area (Å²) in [6.07, 6.45) is 0. The number of halogens is 2. The zero-order chi connectivity index (χ0) is 21.2. The molecule has 0 aliphatic rings. The molecule has 0 aliphatic carbocycles. The molecule has 0 radical (unpaired) electrons. The highest BCUT2D eigenvalue weighted by Crippen LogP contribution is 2.25. The highest BCUT2D eigenvalue weighted by Gasteiger charge is 2.20. The molecule has 0 fully saturated rings. The number of rotatable bonds is 7. The van der Waals surface area contributed by atoms with Crippen molar-refractivity contribution in [3.05, 3.63) is 63.8 Å². The summed E-state index contributed by atoms with van der Waals surface area (Å²) >= 11 is 11.6. The number of sulfonamides is 1. The minimum absolute atomic E-state index is 0.0665. The third-order valence-corrected chi connectivity index (χ3v) is 6.28. The van der Waals surface area contributed by atoms with E-state index in [4.69, 9.17) is 27.9 Å². The fourth-order valence-corrected chi connectivity index (χ4v) is 4.14. The van der Waals surface area contributed by atoms with Crippen molar-refractivity contribution in [3.8, 4) is 0 Å². The van der Waals surface area contributed by atoms with Gasteiger partial charge in [-0.05, 0) is 31.2 Å². The second-order valence-corrected chi connectivity index (χ2v) is 8.74. The largest absolute Gasteiger partial charge is 0.456 e. The standard InChI is InChI=1S/C19H16Cl2N2O5S/c1-11-19(13-4-2-3-5-16(13)23-11)17(24)10-28-18(25)9-22-29(26,27)12-6-7-14(20)15(21)8-12/h2-8,22-23H,9-10H2,1H3. The number of esters is 1. The number of aromatic nitrogens is 1. The predicted molar refractivity (Wildman–Crippen MR) is 110 cm³/mol. The first kappa shape index (κ1) is 21.3. The highest BCUT2D eigenvalue weighted by molar-refractivity contribution is 7.89. The average Bonchev–Trinajstić information content (AvgIpc) is 3.02. The smallest absolute Gasteiger partial charge is 0.321 e. The number of nitrogens with one attached hydrogen (secondary N) is 2. The van der Waals surface area contributed by atoms with Crippen molar-refractivity contribution < 1.29 is 22.7 Å². The van der Waals surface area contributed by atoms with Gasteiger partial charge in [-0.15, -0.1) is 0 Å². The molecule has 7 nitrogen and oxygen atoms in total. The Balaban J connectivity index is 1.60. The first-order valence-electron chi connectivity index (χ1n) is 8.40. The summed E-state index contributed by atoms with van der Waals surface area (Å²) in [4.78, 5) is 27.3. The topological polar surface area (TPSA) is 105 Å². The minimum Gasteiger partial charge on any atom is -0.456 e. The van der Waals surface area contributed by atoms with Gasteiger partial charge in [0, 0.05) is 22.2 Å². The Morgan fingerprint density at radius 2 is 1.83 bits per heavy atom. The molecule has 152 valence electrons. The van der Waals surface area contributed by atoms with E-state index in [0.29, 0.717) is 11.3 Å². The number of carbonyl (C=O) groups is 2. The summed E-state index contributed by atoms with van der Waals surface area (Å²) in [5, 5.41) is 0.999. The maximum atomic E-state index is 12.5. The number of para-hydroxylation sites is 1. The summed E-state index contributed by atoms with van der Waals surface area (Å²) in [5.74, 6) is -1.28. The molecular weight excluding hydrogens is 439 g/mol. The number of H-pyrrole nitrogens is 1. The Hall–Kier alpha value is -2.39. The first-order valence-corrected chi connectivity index (χ1v) is 10.6. The molecule has 0 saturated heterocycles. The number of hydrogen-bond acceptors (Lipinski definition) is 5. The van der Waals surface area contributed by atoms with Crippen LogP contribution in [0.5, 0.6) is 0 Å². The van der Waals surface area contributed by atoms with Crippen molar-refractivity contribution in [2.45, 2.75) is 11.8 Å². The summed E-state index contributed by atoms with van der Waals surface area (Å²) in [6.45, 7) is 0.610. The molecule has 2 aromatic carbocycles. The van der Waals surface area contributed by atoms with Gasteiger partial charge in [-0.3, -0.25) is 9.59 Å². The van der Waals surface area contributed by atoms with E-state index in [1.165, 1.54) is 18.2 Å². The van der Waals surface area contributed by atoms with Crippen molar-refractivity contribution in [2.75, 3.05) is 13.2 Å². The van der Waals surface area contributed by atoms with E-state index < -0.39 is 29.1 Å². The normalized spacial score (nSPS) is 11.6. The Morgan fingerprint density at radius 1 is 1.10 bits per heavy atom. The Labute approximate surface area is 177 Å². The lowest BCUT2D eigenvalue weighted by molar-refractivity contribution is -0.141. The van der Waals surface area contributed by atoms with E-state index in [1.807, 2.05) is 12.1 Å². The zero-order valence-corrected chi connectivity index (χ0v) is 17.5. The van der Waals surface area contributed by atoms with Crippen molar-refractivity contribution in [1.82, 2.24) is 9.71 Å². The highest BCUT2D eigenvalue weighted by atomic mass is 35.5.